The number of amides is 3. The lowest BCUT2D eigenvalue weighted by atomic mass is 9.89. The highest BCUT2D eigenvalue weighted by atomic mass is 35.5. The van der Waals surface area contributed by atoms with Crippen molar-refractivity contribution in [1.29, 1.82) is 0 Å². The molecule has 6 heterocycles. The Morgan fingerprint density at radius 3 is 2.32 bits per heavy atom. The quantitative estimate of drug-likeness (QED) is 0.0960. The number of anilines is 3. The van der Waals surface area contributed by atoms with E-state index in [4.69, 9.17) is 11.6 Å². The van der Waals surface area contributed by atoms with Gasteiger partial charge in [0.15, 0.2) is 5.78 Å². The summed E-state index contributed by atoms with van der Waals surface area (Å²) in [6.07, 6.45) is 9.01. The molecule has 5 aromatic rings. The zero-order chi connectivity index (χ0) is 44.4. The van der Waals surface area contributed by atoms with E-state index in [1.54, 1.807) is 31.6 Å². The molecule has 8 rings (SSSR count). The van der Waals surface area contributed by atoms with E-state index < -0.39 is 33.4 Å². The summed E-state index contributed by atoms with van der Waals surface area (Å²) in [5, 5.41) is 5.62. The number of nitrogens with one attached hydrogen (secondary N) is 4. The van der Waals surface area contributed by atoms with Gasteiger partial charge < -0.3 is 20.1 Å². The minimum atomic E-state index is -4.00. The van der Waals surface area contributed by atoms with Crippen LogP contribution in [0.2, 0.25) is 5.02 Å². The van der Waals surface area contributed by atoms with Crippen LogP contribution in [0.5, 0.6) is 0 Å². The zero-order valence-corrected chi connectivity index (χ0v) is 36.3. The molecule has 3 aromatic heterocycles. The van der Waals surface area contributed by atoms with Crippen molar-refractivity contribution in [2.24, 2.45) is 0 Å². The number of aromatic nitrogens is 4. The Morgan fingerprint density at radius 1 is 0.937 bits per heavy atom. The number of H-pyrrole nitrogens is 1. The molecule has 3 amide bonds. The summed E-state index contributed by atoms with van der Waals surface area (Å²) in [5.41, 5.74) is 3.15. The van der Waals surface area contributed by atoms with E-state index in [-0.39, 0.29) is 40.5 Å². The molecule has 330 valence electrons. The molecule has 0 saturated carbocycles. The van der Waals surface area contributed by atoms with Gasteiger partial charge in [0.2, 0.25) is 23.7 Å². The number of fused-ring (bicyclic) bond motifs is 1. The van der Waals surface area contributed by atoms with Crippen molar-refractivity contribution in [3.63, 3.8) is 0 Å². The molecule has 0 spiro atoms. The maximum Gasteiger partial charge on any atom is 0.301 e. The van der Waals surface area contributed by atoms with E-state index in [0.717, 1.165) is 48.1 Å². The summed E-state index contributed by atoms with van der Waals surface area (Å²) in [6, 6.07) is 11.6. The van der Waals surface area contributed by atoms with Gasteiger partial charge in [0, 0.05) is 98.7 Å². The van der Waals surface area contributed by atoms with E-state index in [1.165, 1.54) is 18.8 Å². The van der Waals surface area contributed by atoms with Gasteiger partial charge in [0.1, 0.15) is 17.5 Å². The summed E-state index contributed by atoms with van der Waals surface area (Å²) in [5.74, 6) is -1.20. The third-order valence-electron chi connectivity index (χ3n) is 12.0. The Morgan fingerprint density at radius 2 is 1.63 bits per heavy atom. The number of carbonyl (C=O) groups is 4. The fourth-order valence-electron chi connectivity index (χ4n) is 8.10. The molecule has 3 aliphatic rings. The molecule has 3 aliphatic heterocycles. The van der Waals surface area contributed by atoms with Crippen molar-refractivity contribution in [3.05, 3.63) is 94.8 Å². The van der Waals surface area contributed by atoms with Crippen LogP contribution in [0, 0.1) is 5.82 Å². The Bertz CT molecular complexity index is 2650. The largest absolute Gasteiger partial charge is 0.374 e. The second-order valence-electron chi connectivity index (χ2n) is 15.9. The number of hydrogen-bond acceptors (Lipinski definition) is 12. The van der Waals surface area contributed by atoms with Gasteiger partial charge in [0.05, 0.1) is 22.8 Å². The summed E-state index contributed by atoms with van der Waals surface area (Å²) in [4.78, 5) is 73.5. The first-order valence-electron chi connectivity index (χ1n) is 20.8. The number of piperazine rings is 1. The Labute approximate surface area is 368 Å². The molecule has 1 atom stereocenters. The smallest absolute Gasteiger partial charge is 0.301 e. The second-order valence-corrected chi connectivity index (χ2v) is 18.1. The first kappa shape index (κ1) is 43.6. The van der Waals surface area contributed by atoms with E-state index >= 15 is 4.39 Å². The van der Waals surface area contributed by atoms with Gasteiger partial charge in [-0.15, -0.1) is 0 Å². The summed E-state index contributed by atoms with van der Waals surface area (Å²) in [6.45, 7) is 6.06. The van der Waals surface area contributed by atoms with E-state index in [2.05, 4.69) is 52.3 Å². The topological polar surface area (TPSA) is 206 Å². The number of piperidine rings is 2. The van der Waals surface area contributed by atoms with Crippen molar-refractivity contribution in [3.8, 4) is 11.1 Å². The number of ketones is 1. The van der Waals surface area contributed by atoms with E-state index in [0.29, 0.717) is 79.6 Å². The van der Waals surface area contributed by atoms with Crippen LogP contribution < -0.4 is 20.3 Å². The standard InChI is InChI=1S/C43H47ClFN11O6S/c1-3-53(2)63(61,62)52-34-9-8-33(45)38(39(34)44)40(59)32-24-47-41-31(32)20-28(21-46-41)29-22-48-43(49-23-29)56-18-16-55(17-19-56)37(58)25-54-14-12-27(13-15-54)26-4-6-30(7-5-26)50-35-10-11-36(57)51-42(35)60/h4-9,20-24,27,35,50,52H,3,10-19,25H2,1-2H3,(H,46,47)(H,51,57,60). The molecule has 63 heavy (non-hydrogen) atoms. The Balaban J connectivity index is 0.834. The van der Waals surface area contributed by atoms with Gasteiger partial charge in [-0.05, 0) is 74.2 Å². The van der Waals surface area contributed by atoms with Crippen molar-refractivity contribution < 1.29 is 32.0 Å². The van der Waals surface area contributed by atoms with E-state index in [9.17, 15) is 27.6 Å². The van der Waals surface area contributed by atoms with Crippen LogP contribution in [0.15, 0.2) is 67.3 Å². The van der Waals surface area contributed by atoms with E-state index in [1.807, 2.05) is 21.9 Å². The number of carbonyl (C=O) groups excluding carboxylic acids is 4. The number of nitrogens with zero attached hydrogens (tertiary/aromatic N) is 7. The van der Waals surface area contributed by atoms with Crippen molar-refractivity contribution in [2.75, 3.05) is 74.3 Å². The van der Waals surface area contributed by atoms with Crippen molar-refractivity contribution in [1.82, 2.24) is 39.4 Å². The average Bonchev–Trinajstić information content (AvgIpc) is 3.72. The molecular formula is C43H47ClFN11O6S. The van der Waals surface area contributed by atoms with Crippen LogP contribution in [0.4, 0.5) is 21.7 Å². The number of benzene rings is 2. The van der Waals surface area contributed by atoms with Crippen molar-refractivity contribution >= 4 is 73.7 Å². The van der Waals surface area contributed by atoms with Gasteiger partial charge in [-0.2, -0.15) is 12.7 Å². The summed E-state index contributed by atoms with van der Waals surface area (Å²) >= 11 is 6.46. The predicted molar refractivity (Wildman–Crippen MR) is 236 cm³/mol. The lowest BCUT2D eigenvalue weighted by Crippen LogP contribution is -2.52. The molecule has 3 saturated heterocycles. The Kier molecular flexibility index (Phi) is 12.7. The summed E-state index contributed by atoms with van der Waals surface area (Å²) in [7, 11) is -2.62. The number of pyridine rings is 1. The van der Waals surface area contributed by atoms with Crippen LogP contribution in [-0.4, -0.2) is 131 Å². The molecule has 2 aromatic carbocycles. The highest BCUT2D eigenvalue weighted by Crippen LogP contribution is 2.34. The lowest BCUT2D eigenvalue weighted by Gasteiger charge is -2.37. The van der Waals surface area contributed by atoms with Gasteiger partial charge >= 0.3 is 10.2 Å². The van der Waals surface area contributed by atoms with Gasteiger partial charge in [-0.25, -0.2) is 19.3 Å². The number of aromatic amines is 1. The van der Waals surface area contributed by atoms with Crippen molar-refractivity contribution in [2.45, 2.75) is 44.6 Å². The molecule has 1 unspecified atom stereocenters. The zero-order valence-electron chi connectivity index (χ0n) is 34.7. The normalized spacial score (nSPS) is 17.9. The fraction of sp³-hybridized carbons (Fsp3) is 0.372. The molecule has 0 bridgehead atoms. The summed E-state index contributed by atoms with van der Waals surface area (Å²) < 4.78 is 43.8. The first-order valence-corrected chi connectivity index (χ1v) is 22.6. The highest BCUT2D eigenvalue weighted by Gasteiger charge is 2.30. The lowest BCUT2D eigenvalue weighted by molar-refractivity contribution is -0.134. The minimum absolute atomic E-state index is 0.0884. The predicted octanol–water partition coefficient (Wildman–Crippen LogP) is 4.40. The maximum atomic E-state index is 15.2. The fourth-order valence-corrected chi connectivity index (χ4v) is 9.39. The van der Waals surface area contributed by atoms with Crippen LogP contribution in [-0.2, 0) is 24.6 Å². The number of likely N-dealkylation sites (tertiary alicyclic amines) is 1. The SMILES string of the molecule is CCN(C)S(=O)(=O)Nc1ccc(F)c(C(=O)c2c[nH]c3ncc(-c4cnc(N5CCN(C(=O)CN6CCC(c7ccc(NC8CCC(=O)NC8=O)cc7)CC6)CC5)nc4)cc23)c1Cl. The maximum absolute atomic E-state index is 15.2. The molecule has 20 heteroatoms. The molecular weight excluding hydrogens is 853 g/mol. The van der Waals surface area contributed by atoms with Crippen LogP contribution in [0.3, 0.4) is 0 Å². The number of halogens is 2. The first-order chi connectivity index (χ1) is 30.3. The monoisotopic (exact) mass is 899 g/mol. The van der Waals surface area contributed by atoms with Crippen LogP contribution in [0.1, 0.15) is 60.0 Å². The molecule has 0 radical (unpaired) electrons. The average molecular weight is 900 g/mol. The number of hydrogen-bond donors (Lipinski definition) is 4. The number of rotatable bonds is 13. The molecule has 0 aliphatic carbocycles. The van der Waals surface area contributed by atoms with Crippen LogP contribution in [0.25, 0.3) is 22.2 Å². The van der Waals surface area contributed by atoms with Gasteiger partial charge in [-0.1, -0.05) is 30.7 Å². The van der Waals surface area contributed by atoms with Gasteiger partial charge in [-0.3, -0.25) is 34.1 Å². The van der Waals surface area contributed by atoms with Crippen LogP contribution >= 0.6 is 11.6 Å². The van der Waals surface area contributed by atoms with Gasteiger partial charge in [0.25, 0.3) is 0 Å². The molecule has 3 fully saturated rings. The molecule has 4 N–H and O–H groups in total. The minimum Gasteiger partial charge on any atom is -0.374 e. The number of imide groups is 1. The third-order valence-corrected chi connectivity index (χ3v) is 13.9. The third kappa shape index (κ3) is 9.51. The second kappa shape index (κ2) is 18.4. The molecule has 17 nitrogen and oxygen atoms in total. The highest BCUT2D eigenvalue weighted by molar-refractivity contribution is 7.90. The Hall–Kier alpha value is -6.02.